The molecule has 5 nitrogen and oxygen atoms in total. The molecule has 128 valence electrons. The Kier molecular flexibility index (Phi) is 4.27. The number of hydrogen-bond donors (Lipinski definition) is 0. The molecule has 0 unspecified atom stereocenters. The van der Waals surface area contributed by atoms with Crippen LogP contribution in [0.25, 0.3) is 0 Å². The van der Waals surface area contributed by atoms with Gasteiger partial charge in [0.05, 0.1) is 10.9 Å². The van der Waals surface area contributed by atoms with Crippen LogP contribution in [0.5, 0.6) is 11.5 Å². The SMILES string of the molecule is O=C1S[C@@H](Cc2cc3c(cc2Cl)OCO3)C(=O)N1c1ccc(Cl)cc1. The molecule has 2 aromatic carbocycles. The normalized spacial score (nSPS) is 19.0. The minimum absolute atomic E-state index is 0.148. The van der Waals surface area contributed by atoms with Gasteiger partial charge in [0.15, 0.2) is 11.5 Å². The van der Waals surface area contributed by atoms with Gasteiger partial charge in [-0.25, -0.2) is 4.90 Å². The first-order valence-corrected chi connectivity index (χ1v) is 9.04. The monoisotopic (exact) mass is 395 g/mol. The molecule has 0 aromatic heterocycles. The van der Waals surface area contributed by atoms with Gasteiger partial charge in [-0.05, 0) is 42.3 Å². The van der Waals surface area contributed by atoms with Crippen molar-refractivity contribution >= 4 is 51.8 Å². The van der Waals surface area contributed by atoms with E-state index in [4.69, 9.17) is 32.7 Å². The lowest BCUT2D eigenvalue weighted by Crippen LogP contribution is -2.32. The van der Waals surface area contributed by atoms with Crippen molar-refractivity contribution < 1.29 is 19.1 Å². The van der Waals surface area contributed by atoms with Crippen LogP contribution in [-0.2, 0) is 11.2 Å². The Morgan fingerprint density at radius 3 is 2.48 bits per heavy atom. The third kappa shape index (κ3) is 3.05. The van der Waals surface area contributed by atoms with Crippen molar-refractivity contribution in [3.8, 4) is 11.5 Å². The number of carbonyl (C=O) groups excluding carboxylic acids is 2. The molecule has 1 atom stereocenters. The first-order valence-electron chi connectivity index (χ1n) is 7.41. The number of amides is 2. The van der Waals surface area contributed by atoms with E-state index in [1.54, 1.807) is 36.4 Å². The van der Waals surface area contributed by atoms with Crippen LogP contribution in [0, 0.1) is 0 Å². The van der Waals surface area contributed by atoms with E-state index in [9.17, 15) is 9.59 Å². The highest BCUT2D eigenvalue weighted by Crippen LogP contribution is 2.40. The fourth-order valence-electron chi connectivity index (χ4n) is 2.73. The molecule has 2 aromatic rings. The molecule has 0 bridgehead atoms. The van der Waals surface area contributed by atoms with Gasteiger partial charge < -0.3 is 9.47 Å². The van der Waals surface area contributed by atoms with E-state index in [0.29, 0.717) is 33.7 Å². The summed E-state index contributed by atoms with van der Waals surface area (Å²) in [5, 5.41) is 0.171. The van der Waals surface area contributed by atoms with Gasteiger partial charge in [0, 0.05) is 16.1 Å². The Hall–Kier alpha value is -1.89. The summed E-state index contributed by atoms with van der Waals surface area (Å²) in [6.45, 7) is 0.148. The Morgan fingerprint density at radius 2 is 1.76 bits per heavy atom. The summed E-state index contributed by atoms with van der Waals surface area (Å²) < 4.78 is 10.6. The second kappa shape index (κ2) is 6.44. The summed E-state index contributed by atoms with van der Waals surface area (Å²) in [7, 11) is 0. The third-order valence-corrected chi connectivity index (χ3v) is 5.59. The van der Waals surface area contributed by atoms with Gasteiger partial charge >= 0.3 is 0 Å². The molecule has 0 N–H and O–H groups in total. The van der Waals surface area contributed by atoms with Crippen molar-refractivity contribution in [3.05, 3.63) is 52.0 Å². The summed E-state index contributed by atoms with van der Waals surface area (Å²) in [6.07, 6.45) is 0.328. The minimum Gasteiger partial charge on any atom is -0.454 e. The zero-order valence-electron chi connectivity index (χ0n) is 12.7. The summed E-state index contributed by atoms with van der Waals surface area (Å²) in [5.74, 6) is 0.903. The predicted octanol–water partition coefficient (Wildman–Crippen LogP) is 4.53. The predicted molar refractivity (Wildman–Crippen MR) is 97.0 cm³/mol. The van der Waals surface area contributed by atoms with Crippen LogP contribution in [0.1, 0.15) is 5.56 Å². The maximum atomic E-state index is 12.7. The molecule has 1 saturated heterocycles. The molecular weight excluding hydrogens is 385 g/mol. The quantitative estimate of drug-likeness (QED) is 0.763. The standard InChI is InChI=1S/C17H11Cl2NO4S/c18-10-1-3-11(4-2-10)20-16(21)15(25-17(20)22)6-9-5-13-14(7-12(9)19)24-8-23-13/h1-5,7,15H,6,8H2/t15-/m0/s1. The van der Waals surface area contributed by atoms with E-state index in [2.05, 4.69) is 0 Å². The number of ether oxygens (including phenoxy) is 2. The van der Waals surface area contributed by atoms with Crippen LogP contribution in [0.4, 0.5) is 10.5 Å². The van der Waals surface area contributed by atoms with Crippen molar-refractivity contribution in [1.29, 1.82) is 0 Å². The number of halogens is 2. The van der Waals surface area contributed by atoms with E-state index in [1.807, 2.05) is 0 Å². The van der Waals surface area contributed by atoms with Crippen molar-refractivity contribution in [2.24, 2.45) is 0 Å². The molecule has 2 amide bonds. The molecule has 25 heavy (non-hydrogen) atoms. The van der Waals surface area contributed by atoms with Crippen LogP contribution in [0.2, 0.25) is 10.0 Å². The summed E-state index contributed by atoms with van der Waals surface area (Å²) in [5.41, 5.74) is 1.24. The Labute approximate surface area is 157 Å². The zero-order chi connectivity index (χ0) is 17.6. The lowest BCUT2D eigenvalue weighted by Gasteiger charge is -2.14. The first-order chi connectivity index (χ1) is 12.0. The highest BCUT2D eigenvalue weighted by atomic mass is 35.5. The van der Waals surface area contributed by atoms with E-state index >= 15 is 0 Å². The van der Waals surface area contributed by atoms with Crippen LogP contribution in [-0.4, -0.2) is 23.2 Å². The highest BCUT2D eigenvalue weighted by molar-refractivity contribution is 8.15. The number of benzene rings is 2. The molecule has 2 heterocycles. The summed E-state index contributed by atoms with van der Waals surface area (Å²) >= 11 is 13.1. The average molecular weight is 396 g/mol. The second-order valence-electron chi connectivity index (χ2n) is 5.52. The molecule has 1 fully saturated rings. The number of hydrogen-bond acceptors (Lipinski definition) is 5. The largest absolute Gasteiger partial charge is 0.454 e. The molecule has 8 heteroatoms. The number of fused-ring (bicyclic) bond motifs is 1. The Balaban J connectivity index is 1.57. The smallest absolute Gasteiger partial charge is 0.293 e. The number of imide groups is 1. The summed E-state index contributed by atoms with van der Waals surface area (Å²) in [6, 6.07) is 10.0. The molecular formula is C17H11Cl2NO4S. The number of rotatable bonds is 3. The van der Waals surface area contributed by atoms with Crippen LogP contribution in [0.3, 0.4) is 0 Å². The van der Waals surface area contributed by atoms with Crippen molar-refractivity contribution in [3.63, 3.8) is 0 Å². The summed E-state index contributed by atoms with van der Waals surface area (Å²) in [4.78, 5) is 26.2. The van der Waals surface area contributed by atoms with E-state index in [1.165, 1.54) is 4.90 Å². The van der Waals surface area contributed by atoms with Gasteiger partial charge in [0.2, 0.25) is 12.7 Å². The highest BCUT2D eigenvalue weighted by Gasteiger charge is 2.41. The second-order valence-corrected chi connectivity index (χ2v) is 7.52. The topological polar surface area (TPSA) is 55.8 Å². The molecule has 2 aliphatic rings. The lowest BCUT2D eigenvalue weighted by molar-refractivity contribution is -0.117. The van der Waals surface area contributed by atoms with E-state index in [-0.39, 0.29) is 17.9 Å². The number of anilines is 1. The molecule has 2 aliphatic heterocycles. The van der Waals surface area contributed by atoms with Crippen molar-refractivity contribution in [2.75, 3.05) is 11.7 Å². The molecule has 0 saturated carbocycles. The maximum Gasteiger partial charge on any atom is 0.293 e. The Morgan fingerprint density at radius 1 is 1.08 bits per heavy atom. The van der Waals surface area contributed by atoms with Gasteiger partial charge in [-0.15, -0.1) is 0 Å². The lowest BCUT2D eigenvalue weighted by atomic mass is 10.1. The number of carbonyl (C=O) groups is 2. The van der Waals surface area contributed by atoms with Crippen molar-refractivity contribution in [1.82, 2.24) is 0 Å². The molecule has 0 aliphatic carbocycles. The minimum atomic E-state index is -0.541. The van der Waals surface area contributed by atoms with Gasteiger partial charge in [0.1, 0.15) is 0 Å². The molecule has 0 spiro atoms. The van der Waals surface area contributed by atoms with Gasteiger partial charge in [-0.3, -0.25) is 9.59 Å². The Bertz CT molecular complexity index is 872. The zero-order valence-corrected chi connectivity index (χ0v) is 15.0. The number of thioether (sulfide) groups is 1. The van der Waals surface area contributed by atoms with Gasteiger partial charge in [0.25, 0.3) is 5.24 Å². The first kappa shape index (κ1) is 16.6. The fourth-order valence-corrected chi connectivity index (χ4v) is 4.10. The van der Waals surface area contributed by atoms with E-state index < -0.39 is 5.25 Å². The third-order valence-electron chi connectivity index (χ3n) is 3.95. The van der Waals surface area contributed by atoms with Gasteiger partial charge in [-0.1, -0.05) is 35.0 Å². The average Bonchev–Trinajstić information content (AvgIpc) is 3.13. The van der Waals surface area contributed by atoms with Crippen LogP contribution in [0.15, 0.2) is 36.4 Å². The van der Waals surface area contributed by atoms with Gasteiger partial charge in [-0.2, -0.15) is 0 Å². The molecule has 0 radical (unpaired) electrons. The van der Waals surface area contributed by atoms with Crippen molar-refractivity contribution in [2.45, 2.75) is 11.7 Å². The van der Waals surface area contributed by atoms with Crippen LogP contribution >= 0.6 is 35.0 Å². The molecule has 4 rings (SSSR count). The maximum absolute atomic E-state index is 12.7. The van der Waals surface area contributed by atoms with Crippen LogP contribution < -0.4 is 14.4 Å². The fraction of sp³-hybridized carbons (Fsp3) is 0.176. The number of nitrogens with zero attached hydrogens (tertiary/aromatic N) is 1. The van der Waals surface area contributed by atoms with E-state index in [0.717, 1.165) is 17.3 Å².